The van der Waals surface area contributed by atoms with Crippen molar-refractivity contribution in [2.24, 2.45) is 0 Å². The topological polar surface area (TPSA) is 109 Å². The van der Waals surface area contributed by atoms with Crippen LogP contribution in [0.1, 0.15) is 25.8 Å². The number of hydrogen-bond donors (Lipinski definition) is 2. The average Bonchev–Trinajstić information content (AvgIpc) is 3.59. The van der Waals surface area contributed by atoms with Crippen LogP contribution >= 0.6 is 0 Å². The Bertz CT molecular complexity index is 1270. The van der Waals surface area contributed by atoms with Gasteiger partial charge in [-0.3, -0.25) is 14.5 Å². The standard InChI is InChI=1S/C31H37FN4O6/c1-5-17-40-21(3)27(34-29(37)20(2)33-4)30(38)35-16-15-25-28(35)26(42-24-13-11-23(32)12-14-24)18-36(25)31(39)41-19-22-9-7-6-8-10-22/h1,6-14,20-21,25-28,33H,15-19H2,2-4H3,(H,34,37). The molecule has 0 saturated carbocycles. The second-order valence-electron chi connectivity index (χ2n) is 10.4. The average molecular weight is 581 g/mol. The van der Waals surface area contributed by atoms with E-state index in [2.05, 4.69) is 16.6 Å². The van der Waals surface area contributed by atoms with Gasteiger partial charge in [0.05, 0.1) is 30.8 Å². The maximum atomic E-state index is 14.1. The summed E-state index contributed by atoms with van der Waals surface area (Å²) in [6.45, 7) is 3.88. The summed E-state index contributed by atoms with van der Waals surface area (Å²) in [5, 5.41) is 5.67. The molecular weight excluding hydrogens is 543 g/mol. The largest absolute Gasteiger partial charge is 0.486 e. The Morgan fingerprint density at radius 1 is 1.10 bits per heavy atom. The minimum atomic E-state index is -1.04. The summed E-state index contributed by atoms with van der Waals surface area (Å²) in [5.41, 5.74) is 0.847. The van der Waals surface area contributed by atoms with Gasteiger partial charge in [-0.15, -0.1) is 6.42 Å². The number of amides is 3. The van der Waals surface area contributed by atoms with Crippen molar-refractivity contribution in [3.05, 3.63) is 66.0 Å². The highest BCUT2D eigenvalue weighted by atomic mass is 19.1. The third-order valence-corrected chi connectivity index (χ3v) is 7.69. The van der Waals surface area contributed by atoms with Crippen LogP contribution in [0, 0.1) is 18.2 Å². The lowest BCUT2D eigenvalue weighted by Gasteiger charge is -2.34. The number of benzene rings is 2. The fourth-order valence-corrected chi connectivity index (χ4v) is 5.33. The van der Waals surface area contributed by atoms with Crippen molar-refractivity contribution < 1.29 is 33.0 Å². The Hall–Kier alpha value is -4.14. The van der Waals surface area contributed by atoms with E-state index in [1.54, 1.807) is 30.7 Å². The Morgan fingerprint density at radius 3 is 2.48 bits per heavy atom. The summed E-state index contributed by atoms with van der Waals surface area (Å²) in [5.74, 6) is 1.62. The number of likely N-dealkylation sites (N-methyl/N-ethyl adjacent to an activating group) is 1. The van der Waals surface area contributed by atoms with Crippen molar-refractivity contribution in [3.63, 3.8) is 0 Å². The van der Waals surface area contributed by atoms with Crippen LogP contribution in [0.4, 0.5) is 9.18 Å². The Balaban J connectivity index is 1.58. The number of nitrogens with one attached hydrogen (secondary N) is 2. The van der Waals surface area contributed by atoms with Crippen LogP contribution in [0.25, 0.3) is 0 Å². The number of carbonyl (C=O) groups excluding carboxylic acids is 3. The molecule has 0 aromatic heterocycles. The second kappa shape index (κ2) is 14.2. The molecule has 2 fully saturated rings. The summed E-state index contributed by atoms with van der Waals surface area (Å²) in [7, 11) is 1.64. The zero-order chi connectivity index (χ0) is 30.2. The number of nitrogens with zero attached hydrogens (tertiary/aromatic N) is 2. The van der Waals surface area contributed by atoms with Gasteiger partial charge in [-0.2, -0.15) is 0 Å². The van der Waals surface area contributed by atoms with Gasteiger partial charge in [0.15, 0.2) is 0 Å². The maximum absolute atomic E-state index is 14.1. The van der Waals surface area contributed by atoms with E-state index < -0.39 is 48.3 Å². The Labute approximate surface area is 245 Å². The zero-order valence-electron chi connectivity index (χ0n) is 24.0. The molecular formula is C31H37FN4O6. The van der Waals surface area contributed by atoms with Crippen molar-refractivity contribution >= 4 is 17.9 Å². The molecule has 2 heterocycles. The summed E-state index contributed by atoms with van der Waals surface area (Å²) >= 11 is 0. The lowest BCUT2D eigenvalue weighted by Crippen LogP contribution is -2.59. The van der Waals surface area contributed by atoms with E-state index in [9.17, 15) is 18.8 Å². The molecule has 0 bridgehead atoms. The molecule has 2 N–H and O–H groups in total. The van der Waals surface area contributed by atoms with E-state index in [0.29, 0.717) is 18.7 Å². The van der Waals surface area contributed by atoms with E-state index in [0.717, 1.165) is 5.56 Å². The second-order valence-corrected chi connectivity index (χ2v) is 10.4. The van der Waals surface area contributed by atoms with Crippen LogP contribution in [0.5, 0.6) is 5.75 Å². The highest BCUT2D eigenvalue weighted by Crippen LogP contribution is 2.35. The molecule has 2 aliphatic rings. The molecule has 2 aromatic carbocycles. The number of halogens is 1. The zero-order valence-corrected chi connectivity index (χ0v) is 24.0. The van der Waals surface area contributed by atoms with E-state index >= 15 is 0 Å². The van der Waals surface area contributed by atoms with E-state index in [-0.39, 0.29) is 31.6 Å². The summed E-state index contributed by atoms with van der Waals surface area (Å²) in [6, 6.07) is 12.4. The minimum absolute atomic E-state index is 0.0359. The van der Waals surface area contributed by atoms with Gasteiger partial charge in [-0.05, 0) is 57.1 Å². The molecule has 2 saturated heterocycles. The normalized spacial score (nSPS) is 21.5. The molecule has 11 heteroatoms. The van der Waals surface area contributed by atoms with Crippen LogP contribution in [-0.4, -0.2) is 90.8 Å². The fraction of sp³-hybridized carbons (Fsp3) is 0.452. The van der Waals surface area contributed by atoms with Crippen LogP contribution < -0.4 is 15.4 Å². The molecule has 42 heavy (non-hydrogen) atoms. The van der Waals surface area contributed by atoms with Gasteiger partial charge in [0, 0.05) is 6.54 Å². The molecule has 0 spiro atoms. The molecule has 3 amide bonds. The first kappa shape index (κ1) is 30.8. The van der Waals surface area contributed by atoms with Crippen molar-refractivity contribution in [3.8, 4) is 18.1 Å². The number of hydrogen-bond acceptors (Lipinski definition) is 7. The summed E-state index contributed by atoms with van der Waals surface area (Å²) in [6.07, 6.45) is 3.96. The predicted molar refractivity (Wildman–Crippen MR) is 153 cm³/mol. The number of ether oxygens (including phenoxy) is 3. The van der Waals surface area contributed by atoms with Crippen molar-refractivity contribution in [1.82, 2.24) is 20.4 Å². The molecule has 0 aliphatic carbocycles. The van der Waals surface area contributed by atoms with Gasteiger partial charge >= 0.3 is 6.09 Å². The highest BCUT2D eigenvalue weighted by molar-refractivity contribution is 5.90. The molecule has 224 valence electrons. The van der Waals surface area contributed by atoms with Crippen molar-refractivity contribution in [2.45, 2.75) is 63.3 Å². The Morgan fingerprint density at radius 2 is 1.81 bits per heavy atom. The fourth-order valence-electron chi connectivity index (χ4n) is 5.33. The number of carbonyl (C=O) groups is 3. The number of terminal acetylenes is 1. The van der Waals surface area contributed by atoms with Crippen LogP contribution in [-0.2, 0) is 25.7 Å². The predicted octanol–water partition coefficient (Wildman–Crippen LogP) is 2.33. The number of likely N-dealkylation sites (tertiary alicyclic amines) is 2. The lowest BCUT2D eigenvalue weighted by molar-refractivity contribution is -0.142. The van der Waals surface area contributed by atoms with Crippen LogP contribution in [0.3, 0.4) is 0 Å². The quantitative estimate of drug-likeness (QED) is 0.393. The monoisotopic (exact) mass is 580 g/mol. The van der Waals surface area contributed by atoms with E-state index in [1.807, 2.05) is 30.3 Å². The van der Waals surface area contributed by atoms with E-state index in [4.69, 9.17) is 20.6 Å². The van der Waals surface area contributed by atoms with Crippen LogP contribution in [0.2, 0.25) is 0 Å². The van der Waals surface area contributed by atoms with E-state index in [1.165, 1.54) is 24.3 Å². The maximum Gasteiger partial charge on any atom is 0.410 e. The molecule has 6 unspecified atom stereocenters. The molecule has 2 aromatic rings. The lowest BCUT2D eigenvalue weighted by atomic mass is 10.1. The van der Waals surface area contributed by atoms with Gasteiger partial charge in [-0.1, -0.05) is 36.3 Å². The first-order valence-corrected chi connectivity index (χ1v) is 14.0. The molecule has 10 nitrogen and oxygen atoms in total. The minimum Gasteiger partial charge on any atom is -0.486 e. The van der Waals surface area contributed by atoms with Gasteiger partial charge in [-0.25, -0.2) is 9.18 Å². The highest BCUT2D eigenvalue weighted by Gasteiger charge is 2.54. The summed E-state index contributed by atoms with van der Waals surface area (Å²) < 4.78 is 31.1. The third-order valence-electron chi connectivity index (χ3n) is 7.69. The molecule has 6 atom stereocenters. The third kappa shape index (κ3) is 7.19. The first-order chi connectivity index (χ1) is 20.2. The molecule has 4 rings (SSSR count). The van der Waals surface area contributed by atoms with Crippen molar-refractivity contribution in [1.29, 1.82) is 0 Å². The van der Waals surface area contributed by atoms with Gasteiger partial charge in [0.25, 0.3) is 0 Å². The number of fused-ring (bicyclic) bond motifs is 1. The first-order valence-electron chi connectivity index (χ1n) is 14.0. The Kier molecular flexibility index (Phi) is 10.4. The van der Waals surface area contributed by atoms with Gasteiger partial charge in [0.2, 0.25) is 11.8 Å². The van der Waals surface area contributed by atoms with Gasteiger partial charge in [0.1, 0.15) is 36.9 Å². The summed E-state index contributed by atoms with van der Waals surface area (Å²) in [4.78, 5) is 43.4. The van der Waals surface area contributed by atoms with Gasteiger partial charge < -0.3 is 29.7 Å². The van der Waals surface area contributed by atoms with Crippen molar-refractivity contribution in [2.75, 3.05) is 26.7 Å². The smallest absolute Gasteiger partial charge is 0.410 e. The molecule has 0 radical (unpaired) electrons. The molecule has 2 aliphatic heterocycles. The number of rotatable bonds is 11. The van der Waals surface area contributed by atoms with Crippen LogP contribution in [0.15, 0.2) is 54.6 Å². The SMILES string of the molecule is C#CCOC(C)C(NC(=O)C(C)NC)C(=O)N1CCC2C1C(Oc1ccc(F)cc1)CN2C(=O)OCc1ccccc1.